The molecule has 0 aliphatic carbocycles. The van der Waals surface area contributed by atoms with Crippen molar-refractivity contribution in [3.05, 3.63) is 53.7 Å². The van der Waals surface area contributed by atoms with Gasteiger partial charge >= 0.3 is 0 Å². The van der Waals surface area contributed by atoms with E-state index in [9.17, 15) is 0 Å². The summed E-state index contributed by atoms with van der Waals surface area (Å²) in [7, 11) is 5.63. The van der Waals surface area contributed by atoms with E-state index in [0.717, 1.165) is 49.3 Å². The summed E-state index contributed by atoms with van der Waals surface area (Å²) in [6.45, 7) is 5.48. The van der Waals surface area contributed by atoms with Gasteiger partial charge in [0.05, 0.1) is 7.11 Å². The molecular weight excluding hydrogens is 479 g/mol. The van der Waals surface area contributed by atoms with Crippen molar-refractivity contribution < 1.29 is 4.74 Å². The number of hydrogen-bond donors (Lipinski definition) is 2. The fourth-order valence-electron chi connectivity index (χ4n) is 3.24. The number of hydrogen-bond acceptors (Lipinski definition) is 5. The molecule has 3 rings (SSSR count). The molecule has 2 N–H and O–H groups in total. The quantitative estimate of drug-likeness (QED) is 0.354. The van der Waals surface area contributed by atoms with E-state index in [1.165, 1.54) is 5.56 Å². The van der Waals surface area contributed by atoms with Crippen LogP contribution in [0.3, 0.4) is 0 Å². The lowest BCUT2D eigenvalue weighted by molar-refractivity contribution is 0.312. The van der Waals surface area contributed by atoms with Gasteiger partial charge in [0.25, 0.3) is 0 Å². The Morgan fingerprint density at radius 2 is 1.86 bits per heavy atom. The molecule has 2 aromatic rings. The molecule has 29 heavy (non-hydrogen) atoms. The van der Waals surface area contributed by atoms with Gasteiger partial charge in [0.1, 0.15) is 11.6 Å². The predicted molar refractivity (Wildman–Crippen MR) is 129 cm³/mol. The first kappa shape index (κ1) is 23.2. The Morgan fingerprint density at radius 3 is 2.59 bits per heavy atom. The van der Waals surface area contributed by atoms with Crippen LogP contribution in [-0.4, -0.2) is 63.2 Å². The SMILES string of the molecule is CN=C(NCc1cccc(OC)c1)NCc1cccnc1N1CCN(C)CC1.I. The predicted octanol–water partition coefficient (Wildman–Crippen LogP) is 2.33. The van der Waals surface area contributed by atoms with Crippen LogP contribution in [0.15, 0.2) is 47.6 Å². The number of halogens is 1. The minimum absolute atomic E-state index is 0. The van der Waals surface area contributed by atoms with Crippen molar-refractivity contribution in [2.75, 3.05) is 52.3 Å². The second-order valence-corrected chi connectivity index (χ2v) is 6.91. The lowest BCUT2D eigenvalue weighted by atomic mass is 10.2. The van der Waals surface area contributed by atoms with Crippen molar-refractivity contribution in [2.24, 2.45) is 4.99 Å². The van der Waals surface area contributed by atoms with Crippen molar-refractivity contribution >= 4 is 35.8 Å². The van der Waals surface area contributed by atoms with Gasteiger partial charge in [-0.25, -0.2) is 4.98 Å². The normalized spacial score (nSPS) is 14.9. The number of aromatic nitrogens is 1. The van der Waals surface area contributed by atoms with E-state index in [2.05, 4.69) is 49.6 Å². The maximum atomic E-state index is 5.28. The van der Waals surface area contributed by atoms with E-state index >= 15 is 0 Å². The summed E-state index contributed by atoms with van der Waals surface area (Å²) in [5.74, 6) is 2.68. The van der Waals surface area contributed by atoms with Crippen LogP contribution >= 0.6 is 24.0 Å². The van der Waals surface area contributed by atoms with Gasteiger partial charge in [-0.15, -0.1) is 24.0 Å². The molecule has 0 unspecified atom stereocenters. The highest BCUT2D eigenvalue weighted by atomic mass is 127. The third-order valence-corrected chi connectivity index (χ3v) is 4.93. The third-order valence-electron chi connectivity index (χ3n) is 4.93. The fourth-order valence-corrected chi connectivity index (χ4v) is 3.24. The number of nitrogens with zero attached hydrogens (tertiary/aromatic N) is 4. The molecule has 0 saturated carbocycles. The van der Waals surface area contributed by atoms with E-state index in [1.807, 2.05) is 30.5 Å². The first-order valence-corrected chi connectivity index (χ1v) is 9.64. The highest BCUT2D eigenvalue weighted by Gasteiger charge is 2.17. The minimum Gasteiger partial charge on any atom is -0.497 e. The van der Waals surface area contributed by atoms with Crippen LogP contribution in [0.5, 0.6) is 5.75 Å². The van der Waals surface area contributed by atoms with E-state index in [0.29, 0.717) is 13.1 Å². The molecule has 1 saturated heterocycles. The van der Waals surface area contributed by atoms with E-state index in [1.54, 1.807) is 14.2 Å². The van der Waals surface area contributed by atoms with E-state index in [4.69, 9.17) is 4.74 Å². The molecule has 1 aromatic carbocycles. The monoisotopic (exact) mass is 510 g/mol. The van der Waals surface area contributed by atoms with Gasteiger partial charge < -0.3 is 25.2 Å². The first-order valence-electron chi connectivity index (χ1n) is 9.64. The van der Waals surface area contributed by atoms with Crippen molar-refractivity contribution in [2.45, 2.75) is 13.1 Å². The molecule has 1 aromatic heterocycles. The van der Waals surface area contributed by atoms with E-state index < -0.39 is 0 Å². The zero-order chi connectivity index (χ0) is 19.8. The van der Waals surface area contributed by atoms with Gasteiger partial charge in [-0.05, 0) is 30.8 Å². The van der Waals surface area contributed by atoms with Crippen LogP contribution in [0.4, 0.5) is 5.82 Å². The number of nitrogens with one attached hydrogen (secondary N) is 2. The first-order chi connectivity index (χ1) is 13.7. The largest absolute Gasteiger partial charge is 0.497 e. The summed E-state index contributed by atoms with van der Waals surface area (Å²) < 4.78 is 5.28. The van der Waals surface area contributed by atoms with Crippen LogP contribution in [-0.2, 0) is 13.1 Å². The Hall–Kier alpha value is -2.07. The summed E-state index contributed by atoms with van der Waals surface area (Å²) in [5, 5.41) is 6.76. The highest BCUT2D eigenvalue weighted by Crippen LogP contribution is 2.18. The molecule has 0 atom stereocenters. The van der Waals surface area contributed by atoms with Crippen LogP contribution in [0.2, 0.25) is 0 Å². The molecule has 158 valence electrons. The molecule has 1 fully saturated rings. The second kappa shape index (κ2) is 11.8. The Bertz CT molecular complexity index is 792. The molecule has 0 spiro atoms. The zero-order valence-electron chi connectivity index (χ0n) is 17.4. The molecule has 0 radical (unpaired) electrons. The molecular formula is C21H31IN6O. The number of likely N-dealkylation sites (N-methyl/N-ethyl adjacent to an activating group) is 1. The van der Waals surface area contributed by atoms with Gasteiger partial charge in [-0.1, -0.05) is 18.2 Å². The number of aliphatic imine (C=N–C) groups is 1. The zero-order valence-corrected chi connectivity index (χ0v) is 19.7. The Labute approximate surface area is 190 Å². The minimum atomic E-state index is 0. The summed E-state index contributed by atoms with van der Waals surface area (Å²) in [5.41, 5.74) is 2.32. The Kier molecular flexibility index (Phi) is 9.46. The third kappa shape index (κ3) is 6.74. The van der Waals surface area contributed by atoms with Gasteiger partial charge in [0.15, 0.2) is 5.96 Å². The lowest BCUT2D eigenvalue weighted by Crippen LogP contribution is -2.45. The standard InChI is InChI=1S/C21H30N6O.HI/c1-22-21(24-15-17-6-4-8-19(14-17)28-3)25-16-18-7-5-9-23-20(18)27-12-10-26(2)11-13-27;/h4-9,14H,10-13,15-16H2,1-3H3,(H2,22,24,25);1H. The van der Waals surface area contributed by atoms with Crippen LogP contribution in [0.1, 0.15) is 11.1 Å². The van der Waals surface area contributed by atoms with E-state index in [-0.39, 0.29) is 24.0 Å². The average molecular weight is 510 g/mol. The molecule has 7 nitrogen and oxygen atoms in total. The number of ether oxygens (including phenoxy) is 1. The molecule has 2 heterocycles. The van der Waals surface area contributed by atoms with Crippen molar-refractivity contribution in [3.63, 3.8) is 0 Å². The van der Waals surface area contributed by atoms with Crippen molar-refractivity contribution in [3.8, 4) is 5.75 Å². The number of rotatable bonds is 6. The molecule has 1 aliphatic rings. The number of benzene rings is 1. The summed E-state index contributed by atoms with van der Waals surface area (Å²) in [6, 6.07) is 12.1. The fraction of sp³-hybridized carbons (Fsp3) is 0.429. The molecule has 8 heteroatoms. The van der Waals surface area contributed by atoms with Crippen LogP contribution < -0.4 is 20.3 Å². The van der Waals surface area contributed by atoms with Crippen molar-refractivity contribution in [1.82, 2.24) is 20.5 Å². The summed E-state index contributed by atoms with van der Waals surface area (Å²) in [4.78, 5) is 13.7. The number of pyridine rings is 1. The number of methoxy groups -OCH3 is 1. The summed E-state index contributed by atoms with van der Waals surface area (Å²) >= 11 is 0. The van der Waals surface area contributed by atoms with Crippen molar-refractivity contribution in [1.29, 1.82) is 0 Å². The highest BCUT2D eigenvalue weighted by molar-refractivity contribution is 14.0. The second-order valence-electron chi connectivity index (χ2n) is 6.91. The number of anilines is 1. The van der Waals surface area contributed by atoms with Crippen LogP contribution in [0.25, 0.3) is 0 Å². The topological polar surface area (TPSA) is 65.0 Å². The maximum Gasteiger partial charge on any atom is 0.191 e. The van der Waals surface area contributed by atoms with Gasteiger partial charge in [0.2, 0.25) is 0 Å². The number of guanidine groups is 1. The molecule has 1 aliphatic heterocycles. The Morgan fingerprint density at radius 1 is 1.10 bits per heavy atom. The summed E-state index contributed by atoms with van der Waals surface area (Å²) in [6.07, 6.45) is 1.87. The Balaban J connectivity index is 0.00000300. The molecule has 0 amide bonds. The number of piperazine rings is 1. The smallest absolute Gasteiger partial charge is 0.191 e. The van der Waals surface area contributed by atoms with Gasteiger partial charge in [0, 0.05) is 58.1 Å². The molecule has 0 bridgehead atoms. The van der Waals surface area contributed by atoms with Gasteiger partial charge in [-0.3, -0.25) is 4.99 Å². The van der Waals surface area contributed by atoms with Gasteiger partial charge in [-0.2, -0.15) is 0 Å². The maximum absolute atomic E-state index is 5.28. The lowest BCUT2D eigenvalue weighted by Gasteiger charge is -2.34. The van der Waals surface area contributed by atoms with Crippen LogP contribution in [0, 0.1) is 0 Å². The average Bonchev–Trinajstić information content (AvgIpc) is 2.75.